The first kappa shape index (κ1) is 13.4. The van der Waals surface area contributed by atoms with Crippen LogP contribution in [0, 0.1) is 11.8 Å². The molecule has 2 unspecified atom stereocenters. The number of carbonyl (C=O) groups is 3. The van der Waals surface area contributed by atoms with Gasteiger partial charge in [-0.15, -0.1) is 0 Å². The molecule has 0 spiro atoms. The fourth-order valence-electron chi connectivity index (χ4n) is 3.43. The lowest BCUT2D eigenvalue weighted by molar-refractivity contribution is -0.142. The van der Waals surface area contributed by atoms with Gasteiger partial charge in [0.15, 0.2) is 0 Å². The molecule has 1 aliphatic carbocycles. The molecule has 1 saturated carbocycles. The van der Waals surface area contributed by atoms with Crippen LogP contribution in [0.25, 0.3) is 0 Å². The third kappa shape index (κ3) is 2.39. The van der Waals surface area contributed by atoms with E-state index in [0.717, 1.165) is 25.8 Å². The highest BCUT2D eigenvalue weighted by molar-refractivity contribution is 5.89. The highest BCUT2D eigenvalue weighted by Gasteiger charge is 2.50. The summed E-state index contributed by atoms with van der Waals surface area (Å²) in [4.78, 5) is 38.4. The van der Waals surface area contributed by atoms with Gasteiger partial charge < -0.3 is 14.9 Å². The summed E-state index contributed by atoms with van der Waals surface area (Å²) in [6.45, 7) is 2.15. The zero-order valence-corrected chi connectivity index (χ0v) is 11.5. The van der Waals surface area contributed by atoms with Crippen molar-refractivity contribution in [2.45, 2.75) is 38.1 Å². The van der Waals surface area contributed by atoms with Crippen molar-refractivity contribution < 1.29 is 19.5 Å². The van der Waals surface area contributed by atoms with Crippen LogP contribution in [0.4, 0.5) is 0 Å². The molecule has 3 aliphatic rings. The summed E-state index contributed by atoms with van der Waals surface area (Å²) in [7, 11) is 0. The number of nitrogens with zero attached hydrogens (tertiary/aromatic N) is 2. The Kier molecular flexibility index (Phi) is 3.40. The molecule has 2 aliphatic heterocycles. The Labute approximate surface area is 117 Å². The van der Waals surface area contributed by atoms with Crippen LogP contribution >= 0.6 is 0 Å². The van der Waals surface area contributed by atoms with E-state index in [1.807, 2.05) is 4.90 Å². The molecule has 3 fully saturated rings. The Balaban J connectivity index is 1.50. The van der Waals surface area contributed by atoms with Gasteiger partial charge in [0.1, 0.15) is 0 Å². The standard InChI is InChI=1S/C14H20N2O4/c17-12-2-1-5-16(12)9-3-6-15(7-4-9)13(18)10-8-11(10)14(19)20/h9-11H,1-8H2,(H,19,20). The second kappa shape index (κ2) is 5.07. The van der Waals surface area contributed by atoms with E-state index in [1.54, 1.807) is 4.90 Å². The minimum Gasteiger partial charge on any atom is -0.481 e. The highest BCUT2D eigenvalue weighted by Crippen LogP contribution is 2.40. The molecule has 3 rings (SSSR count). The van der Waals surface area contributed by atoms with Gasteiger partial charge >= 0.3 is 5.97 Å². The number of likely N-dealkylation sites (tertiary alicyclic amines) is 2. The molecule has 110 valence electrons. The molecule has 1 N–H and O–H groups in total. The van der Waals surface area contributed by atoms with E-state index in [1.165, 1.54) is 0 Å². The Morgan fingerprint density at radius 3 is 2.30 bits per heavy atom. The summed E-state index contributed by atoms with van der Waals surface area (Å²) in [6.07, 6.45) is 3.73. The first-order valence-corrected chi connectivity index (χ1v) is 7.39. The summed E-state index contributed by atoms with van der Waals surface area (Å²) in [5, 5.41) is 8.87. The van der Waals surface area contributed by atoms with Gasteiger partial charge in [0.05, 0.1) is 11.8 Å². The number of carboxylic acid groups (broad SMARTS) is 1. The number of aliphatic carboxylic acids is 1. The third-order valence-electron chi connectivity index (χ3n) is 4.75. The van der Waals surface area contributed by atoms with E-state index >= 15 is 0 Å². The first-order chi connectivity index (χ1) is 9.58. The molecule has 2 heterocycles. The first-order valence-electron chi connectivity index (χ1n) is 7.39. The van der Waals surface area contributed by atoms with Crippen molar-refractivity contribution in [3.63, 3.8) is 0 Å². The largest absolute Gasteiger partial charge is 0.481 e. The minimum absolute atomic E-state index is 0.0106. The summed E-state index contributed by atoms with van der Waals surface area (Å²) >= 11 is 0. The Morgan fingerprint density at radius 1 is 1.10 bits per heavy atom. The predicted octanol–water partition coefficient (Wildman–Crippen LogP) is 0.320. The van der Waals surface area contributed by atoms with E-state index in [0.29, 0.717) is 25.9 Å². The number of hydrogen-bond donors (Lipinski definition) is 1. The van der Waals surface area contributed by atoms with Crippen molar-refractivity contribution >= 4 is 17.8 Å². The topological polar surface area (TPSA) is 77.9 Å². The molecule has 6 heteroatoms. The summed E-state index contributed by atoms with van der Waals surface area (Å²) in [5.74, 6) is -1.41. The van der Waals surface area contributed by atoms with Gasteiger partial charge in [-0.2, -0.15) is 0 Å². The van der Waals surface area contributed by atoms with Crippen molar-refractivity contribution in [1.29, 1.82) is 0 Å². The molecule has 6 nitrogen and oxygen atoms in total. The lowest BCUT2D eigenvalue weighted by atomic mass is 10.0. The van der Waals surface area contributed by atoms with Crippen molar-refractivity contribution in [2.75, 3.05) is 19.6 Å². The Hall–Kier alpha value is -1.59. The molecule has 0 aromatic heterocycles. The second-order valence-electron chi connectivity index (χ2n) is 6.03. The van der Waals surface area contributed by atoms with Crippen LogP contribution in [0.3, 0.4) is 0 Å². The molecular weight excluding hydrogens is 260 g/mol. The fraction of sp³-hybridized carbons (Fsp3) is 0.786. The van der Waals surface area contributed by atoms with Crippen LogP contribution in [0.2, 0.25) is 0 Å². The minimum atomic E-state index is -0.860. The quantitative estimate of drug-likeness (QED) is 0.807. The zero-order valence-electron chi connectivity index (χ0n) is 11.5. The lowest BCUT2D eigenvalue weighted by Crippen LogP contribution is -2.47. The number of hydrogen-bond acceptors (Lipinski definition) is 3. The Bertz CT molecular complexity index is 442. The van der Waals surface area contributed by atoms with E-state index in [2.05, 4.69) is 0 Å². The Morgan fingerprint density at radius 2 is 1.80 bits per heavy atom. The molecule has 0 radical (unpaired) electrons. The van der Waals surface area contributed by atoms with Crippen LogP contribution in [-0.2, 0) is 14.4 Å². The predicted molar refractivity (Wildman–Crippen MR) is 69.8 cm³/mol. The van der Waals surface area contributed by atoms with Gasteiger partial charge in [-0.3, -0.25) is 14.4 Å². The number of carbonyl (C=O) groups excluding carboxylic acids is 2. The molecular formula is C14H20N2O4. The van der Waals surface area contributed by atoms with Gasteiger partial charge in [-0.1, -0.05) is 0 Å². The van der Waals surface area contributed by atoms with Gasteiger partial charge in [0.2, 0.25) is 11.8 Å². The van der Waals surface area contributed by atoms with Crippen LogP contribution in [0.15, 0.2) is 0 Å². The van der Waals surface area contributed by atoms with Crippen LogP contribution in [-0.4, -0.2) is 58.4 Å². The monoisotopic (exact) mass is 280 g/mol. The summed E-state index contributed by atoms with van der Waals surface area (Å²) in [6, 6.07) is 0.267. The molecule has 2 saturated heterocycles. The number of carboxylic acids is 1. The van der Waals surface area contributed by atoms with Gasteiger partial charge in [0, 0.05) is 32.1 Å². The van der Waals surface area contributed by atoms with E-state index in [9.17, 15) is 14.4 Å². The lowest BCUT2D eigenvalue weighted by Gasteiger charge is -2.36. The van der Waals surface area contributed by atoms with Gasteiger partial charge in [-0.05, 0) is 25.7 Å². The van der Waals surface area contributed by atoms with E-state index in [4.69, 9.17) is 5.11 Å². The smallest absolute Gasteiger partial charge is 0.307 e. The fourth-order valence-corrected chi connectivity index (χ4v) is 3.43. The van der Waals surface area contributed by atoms with Crippen molar-refractivity contribution in [2.24, 2.45) is 11.8 Å². The summed E-state index contributed by atoms with van der Waals surface area (Å²) < 4.78 is 0. The molecule has 0 aromatic carbocycles. The maximum Gasteiger partial charge on any atom is 0.307 e. The number of piperidine rings is 1. The average Bonchev–Trinajstić information content (AvgIpc) is 3.14. The number of rotatable bonds is 3. The van der Waals surface area contributed by atoms with Crippen molar-refractivity contribution in [3.05, 3.63) is 0 Å². The van der Waals surface area contributed by atoms with E-state index < -0.39 is 11.9 Å². The normalized spacial score (nSPS) is 30.7. The van der Waals surface area contributed by atoms with Crippen LogP contribution in [0.1, 0.15) is 32.1 Å². The van der Waals surface area contributed by atoms with Crippen molar-refractivity contribution in [1.82, 2.24) is 9.80 Å². The van der Waals surface area contributed by atoms with E-state index in [-0.39, 0.29) is 23.8 Å². The van der Waals surface area contributed by atoms with Gasteiger partial charge in [0.25, 0.3) is 0 Å². The average molecular weight is 280 g/mol. The maximum absolute atomic E-state index is 12.1. The molecule has 0 bridgehead atoms. The maximum atomic E-state index is 12.1. The summed E-state index contributed by atoms with van der Waals surface area (Å²) in [5.41, 5.74) is 0. The SMILES string of the molecule is O=C(O)C1CC1C(=O)N1CCC(N2CCCC2=O)CC1. The molecule has 20 heavy (non-hydrogen) atoms. The third-order valence-corrected chi connectivity index (χ3v) is 4.75. The molecule has 2 amide bonds. The van der Waals surface area contributed by atoms with Crippen molar-refractivity contribution in [3.8, 4) is 0 Å². The van der Waals surface area contributed by atoms with Crippen LogP contribution in [0.5, 0.6) is 0 Å². The highest BCUT2D eigenvalue weighted by atomic mass is 16.4. The zero-order chi connectivity index (χ0) is 14.3. The van der Waals surface area contributed by atoms with Gasteiger partial charge in [-0.25, -0.2) is 0 Å². The molecule has 2 atom stereocenters. The molecule has 0 aromatic rings. The number of amides is 2. The van der Waals surface area contributed by atoms with Crippen LogP contribution < -0.4 is 0 Å². The second-order valence-corrected chi connectivity index (χ2v) is 6.03.